The normalized spacial score (nSPS) is 30.2. The summed E-state index contributed by atoms with van der Waals surface area (Å²) >= 11 is 5.10. The lowest BCUT2D eigenvalue weighted by molar-refractivity contribution is 0.394. The summed E-state index contributed by atoms with van der Waals surface area (Å²) < 4.78 is 0. The highest BCUT2D eigenvalue weighted by molar-refractivity contribution is 7.80. The summed E-state index contributed by atoms with van der Waals surface area (Å²) in [6.45, 7) is 2.09. The van der Waals surface area contributed by atoms with E-state index in [0.29, 0.717) is 6.04 Å². The Balaban J connectivity index is 2.19. The Morgan fingerprint density at radius 2 is 2.60 bits per heavy atom. The van der Waals surface area contributed by atoms with Crippen LogP contribution >= 0.6 is 12.2 Å². The van der Waals surface area contributed by atoms with Crippen LogP contribution in [0.4, 0.5) is 0 Å². The quantitative estimate of drug-likeness (QED) is 0.404. The molecular formula is C7H10N2S. The monoisotopic (exact) mass is 154 g/mol. The van der Waals surface area contributed by atoms with Crippen molar-refractivity contribution < 1.29 is 0 Å². The highest BCUT2D eigenvalue weighted by Gasteiger charge is 2.26. The molecule has 1 saturated heterocycles. The molecule has 2 aliphatic rings. The number of fused-ring (bicyclic) bond motifs is 1. The Bertz CT molecular complexity index is 188. The van der Waals surface area contributed by atoms with Gasteiger partial charge in [-0.1, -0.05) is 12.2 Å². The van der Waals surface area contributed by atoms with Gasteiger partial charge in [-0.05, 0) is 18.6 Å². The van der Waals surface area contributed by atoms with Gasteiger partial charge in [-0.25, -0.2) is 0 Å². The van der Waals surface area contributed by atoms with Gasteiger partial charge < -0.3 is 10.2 Å². The number of nitrogens with zero attached hydrogens (tertiary/aromatic N) is 1. The lowest BCUT2D eigenvalue weighted by atomic mass is 10.1. The maximum Gasteiger partial charge on any atom is 0.169 e. The van der Waals surface area contributed by atoms with Crippen molar-refractivity contribution in [3.63, 3.8) is 0 Å². The highest BCUT2D eigenvalue weighted by Crippen LogP contribution is 2.13. The SMILES string of the molecule is S=C1NCC2C=CCCN12. The number of hydrogen-bond donors (Lipinski definition) is 1. The van der Waals surface area contributed by atoms with Crippen LogP contribution in [-0.2, 0) is 0 Å². The minimum absolute atomic E-state index is 0.543. The molecule has 0 aliphatic carbocycles. The molecule has 0 aromatic rings. The third kappa shape index (κ3) is 0.814. The highest BCUT2D eigenvalue weighted by atomic mass is 32.1. The van der Waals surface area contributed by atoms with Crippen molar-refractivity contribution in [2.24, 2.45) is 0 Å². The van der Waals surface area contributed by atoms with E-state index in [4.69, 9.17) is 12.2 Å². The van der Waals surface area contributed by atoms with Crippen molar-refractivity contribution in [3.8, 4) is 0 Å². The molecule has 1 N–H and O–H groups in total. The Morgan fingerprint density at radius 3 is 3.40 bits per heavy atom. The molecule has 0 aromatic carbocycles. The van der Waals surface area contributed by atoms with Gasteiger partial charge in [0.25, 0.3) is 0 Å². The first-order chi connectivity index (χ1) is 4.88. The van der Waals surface area contributed by atoms with Crippen LogP contribution in [0.15, 0.2) is 12.2 Å². The van der Waals surface area contributed by atoms with Crippen molar-refractivity contribution in [3.05, 3.63) is 12.2 Å². The maximum absolute atomic E-state index is 5.10. The zero-order chi connectivity index (χ0) is 6.97. The van der Waals surface area contributed by atoms with Crippen LogP contribution in [0.2, 0.25) is 0 Å². The number of thiocarbonyl (C=S) groups is 1. The molecule has 2 rings (SSSR count). The molecule has 0 aromatic heterocycles. The van der Waals surface area contributed by atoms with E-state index >= 15 is 0 Å². The van der Waals surface area contributed by atoms with Crippen LogP contribution in [0.25, 0.3) is 0 Å². The summed E-state index contributed by atoms with van der Waals surface area (Å²) in [5.41, 5.74) is 0. The average molecular weight is 154 g/mol. The van der Waals surface area contributed by atoms with Gasteiger partial charge in [0.1, 0.15) is 0 Å². The van der Waals surface area contributed by atoms with E-state index in [9.17, 15) is 0 Å². The Hall–Kier alpha value is -0.570. The lowest BCUT2D eigenvalue weighted by Gasteiger charge is -2.24. The van der Waals surface area contributed by atoms with E-state index in [1.54, 1.807) is 0 Å². The Labute approximate surface area is 65.9 Å². The molecule has 1 fully saturated rings. The first-order valence-electron chi connectivity index (χ1n) is 3.59. The predicted molar refractivity (Wildman–Crippen MR) is 44.9 cm³/mol. The van der Waals surface area contributed by atoms with Crippen LogP contribution in [0.5, 0.6) is 0 Å². The molecular weight excluding hydrogens is 144 g/mol. The smallest absolute Gasteiger partial charge is 0.169 e. The van der Waals surface area contributed by atoms with Crippen molar-refractivity contribution in [1.29, 1.82) is 0 Å². The molecule has 0 radical (unpaired) electrons. The molecule has 0 bridgehead atoms. The van der Waals surface area contributed by atoms with E-state index in [0.717, 1.165) is 24.6 Å². The molecule has 2 heterocycles. The van der Waals surface area contributed by atoms with Crippen molar-refractivity contribution in [2.75, 3.05) is 13.1 Å². The van der Waals surface area contributed by atoms with Crippen LogP contribution in [0.3, 0.4) is 0 Å². The van der Waals surface area contributed by atoms with E-state index in [1.807, 2.05) is 0 Å². The summed E-state index contributed by atoms with van der Waals surface area (Å²) in [6.07, 6.45) is 5.60. The van der Waals surface area contributed by atoms with Crippen LogP contribution < -0.4 is 5.32 Å². The molecule has 2 nitrogen and oxygen atoms in total. The van der Waals surface area contributed by atoms with Gasteiger partial charge in [0.05, 0.1) is 6.04 Å². The second kappa shape index (κ2) is 2.23. The van der Waals surface area contributed by atoms with Crippen LogP contribution in [-0.4, -0.2) is 29.1 Å². The zero-order valence-corrected chi connectivity index (χ0v) is 6.53. The largest absolute Gasteiger partial charge is 0.360 e. The van der Waals surface area contributed by atoms with Gasteiger partial charge in [-0.3, -0.25) is 0 Å². The topological polar surface area (TPSA) is 15.3 Å². The fourth-order valence-electron chi connectivity index (χ4n) is 1.46. The molecule has 10 heavy (non-hydrogen) atoms. The fraction of sp³-hybridized carbons (Fsp3) is 0.571. The maximum atomic E-state index is 5.10. The Kier molecular flexibility index (Phi) is 1.38. The second-order valence-electron chi connectivity index (χ2n) is 2.66. The molecule has 54 valence electrons. The number of nitrogens with one attached hydrogen (secondary N) is 1. The van der Waals surface area contributed by atoms with Crippen LogP contribution in [0, 0.1) is 0 Å². The zero-order valence-electron chi connectivity index (χ0n) is 5.71. The van der Waals surface area contributed by atoms with Gasteiger partial charge in [-0.15, -0.1) is 0 Å². The molecule has 3 heteroatoms. The summed E-state index contributed by atoms with van der Waals surface area (Å²) in [6, 6.07) is 0.543. The van der Waals surface area contributed by atoms with E-state index in [1.165, 1.54) is 0 Å². The average Bonchev–Trinajstić information content (AvgIpc) is 2.34. The van der Waals surface area contributed by atoms with Gasteiger partial charge in [0.2, 0.25) is 0 Å². The van der Waals surface area contributed by atoms with Gasteiger partial charge in [-0.2, -0.15) is 0 Å². The lowest BCUT2D eigenvalue weighted by Crippen LogP contribution is -2.35. The van der Waals surface area contributed by atoms with E-state index < -0.39 is 0 Å². The summed E-state index contributed by atoms with van der Waals surface area (Å²) in [5, 5.41) is 4.09. The summed E-state index contributed by atoms with van der Waals surface area (Å²) in [4.78, 5) is 2.25. The second-order valence-corrected chi connectivity index (χ2v) is 3.05. The number of hydrogen-bond acceptors (Lipinski definition) is 1. The molecule has 0 amide bonds. The standard InChI is InChI=1S/C7H10N2S/c10-7-8-5-6-3-1-2-4-9(6)7/h1,3,6H,2,4-5H2,(H,8,10). The molecule has 0 spiro atoms. The van der Waals surface area contributed by atoms with Crippen molar-refractivity contribution in [2.45, 2.75) is 12.5 Å². The summed E-state index contributed by atoms with van der Waals surface area (Å²) in [5.74, 6) is 0. The minimum atomic E-state index is 0.543. The first kappa shape index (κ1) is 6.16. The Morgan fingerprint density at radius 1 is 1.70 bits per heavy atom. The summed E-state index contributed by atoms with van der Waals surface area (Å²) in [7, 11) is 0. The predicted octanol–water partition coefficient (Wildman–Crippen LogP) is 0.505. The van der Waals surface area contributed by atoms with Crippen molar-refractivity contribution in [1.82, 2.24) is 10.2 Å². The minimum Gasteiger partial charge on any atom is -0.360 e. The third-order valence-electron chi connectivity index (χ3n) is 2.02. The molecule has 1 unspecified atom stereocenters. The van der Waals surface area contributed by atoms with E-state index in [-0.39, 0.29) is 0 Å². The molecule has 0 saturated carbocycles. The van der Waals surface area contributed by atoms with Gasteiger partial charge in [0, 0.05) is 13.1 Å². The number of rotatable bonds is 0. The molecule has 1 atom stereocenters. The first-order valence-corrected chi connectivity index (χ1v) is 4.00. The van der Waals surface area contributed by atoms with Gasteiger partial charge in [0.15, 0.2) is 5.11 Å². The van der Waals surface area contributed by atoms with Crippen molar-refractivity contribution >= 4 is 17.3 Å². The third-order valence-corrected chi connectivity index (χ3v) is 2.40. The fourth-order valence-corrected chi connectivity index (χ4v) is 1.77. The van der Waals surface area contributed by atoms with Gasteiger partial charge >= 0.3 is 0 Å². The van der Waals surface area contributed by atoms with E-state index in [2.05, 4.69) is 22.4 Å². The molecule has 2 aliphatic heterocycles. The van der Waals surface area contributed by atoms with Crippen LogP contribution in [0.1, 0.15) is 6.42 Å².